The fourth-order valence-corrected chi connectivity index (χ4v) is 1.12. The van der Waals surface area contributed by atoms with Crippen molar-refractivity contribution in [2.24, 2.45) is 0 Å². The molecule has 1 heterocycles. The second kappa shape index (κ2) is 3.70. The highest BCUT2D eigenvalue weighted by Crippen LogP contribution is 1.98. The SMILES string of the molecule is CC(=O)Cn1c(C)cnc(Cl)c1=O. The van der Waals surface area contributed by atoms with Gasteiger partial charge in [-0.15, -0.1) is 0 Å². The van der Waals surface area contributed by atoms with Gasteiger partial charge in [-0.1, -0.05) is 11.6 Å². The first-order valence-electron chi connectivity index (χ1n) is 3.73. The summed E-state index contributed by atoms with van der Waals surface area (Å²) in [6.45, 7) is 3.17. The van der Waals surface area contributed by atoms with Gasteiger partial charge in [-0.3, -0.25) is 9.59 Å². The van der Waals surface area contributed by atoms with E-state index in [9.17, 15) is 9.59 Å². The lowest BCUT2D eigenvalue weighted by Crippen LogP contribution is -2.26. The van der Waals surface area contributed by atoms with Crippen molar-refractivity contribution in [3.05, 3.63) is 27.4 Å². The van der Waals surface area contributed by atoms with Gasteiger partial charge < -0.3 is 4.57 Å². The van der Waals surface area contributed by atoms with Crippen molar-refractivity contribution in [1.29, 1.82) is 0 Å². The standard InChI is InChI=1S/C8H9ClN2O2/c1-5-3-10-7(9)8(13)11(5)4-6(2)12/h3H,4H2,1-2H3. The largest absolute Gasteiger partial charge is 0.301 e. The number of nitrogens with zero attached hydrogens (tertiary/aromatic N) is 2. The molecule has 0 unspecified atom stereocenters. The number of hydrogen-bond donors (Lipinski definition) is 0. The van der Waals surface area contributed by atoms with Gasteiger partial charge in [-0.05, 0) is 13.8 Å². The molecule has 0 atom stereocenters. The van der Waals surface area contributed by atoms with E-state index in [1.54, 1.807) is 6.92 Å². The summed E-state index contributed by atoms with van der Waals surface area (Å²) in [5.41, 5.74) is 0.210. The van der Waals surface area contributed by atoms with Crippen molar-refractivity contribution in [2.45, 2.75) is 20.4 Å². The van der Waals surface area contributed by atoms with Crippen molar-refractivity contribution < 1.29 is 4.79 Å². The van der Waals surface area contributed by atoms with Crippen LogP contribution >= 0.6 is 11.6 Å². The van der Waals surface area contributed by atoms with Gasteiger partial charge in [0.1, 0.15) is 5.78 Å². The Bertz CT molecular complexity index is 398. The molecule has 0 saturated carbocycles. The molecule has 4 nitrogen and oxygen atoms in total. The first-order chi connectivity index (χ1) is 6.02. The third-order valence-corrected chi connectivity index (χ3v) is 1.85. The summed E-state index contributed by atoms with van der Waals surface area (Å²) in [6.07, 6.45) is 1.46. The van der Waals surface area contributed by atoms with Crippen LogP contribution in [-0.2, 0) is 11.3 Å². The molecule has 0 amide bonds. The van der Waals surface area contributed by atoms with Gasteiger partial charge in [-0.25, -0.2) is 4.98 Å². The van der Waals surface area contributed by atoms with Crippen LogP contribution in [-0.4, -0.2) is 15.3 Å². The molecule has 13 heavy (non-hydrogen) atoms. The average Bonchev–Trinajstić information content (AvgIpc) is 2.05. The van der Waals surface area contributed by atoms with Crippen molar-refractivity contribution in [3.63, 3.8) is 0 Å². The molecule has 0 aliphatic carbocycles. The maximum atomic E-state index is 11.3. The first kappa shape index (κ1) is 9.92. The van der Waals surface area contributed by atoms with Crippen LogP contribution in [0.5, 0.6) is 0 Å². The molecule has 5 heteroatoms. The molecule has 0 aliphatic rings. The van der Waals surface area contributed by atoms with Crippen LogP contribution in [0.2, 0.25) is 5.15 Å². The molecule has 0 bridgehead atoms. The predicted molar refractivity (Wildman–Crippen MR) is 48.9 cm³/mol. The summed E-state index contributed by atoms with van der Waals surface area (Å²) in [7, 11) is 0. The smallest absolute Gasteiger partial charge is 0.288 e. The molecule has 1 rings (SSSR count). The van der Waals surface area contributed by atoms with E-state index in [-0.39, 0.29) is 17.5 Å². The van der Waals surface area contributed by atoms with Crippen LogP contribution in [0.4, 0.5) is 0 Å². The van der Waals surface area contributed by atoms with E-state index in [2.05, 4.69) is 4.98 Å². The maximum absolute atomic E-state index is 11.3. The molecule has 0 aliphatic heterocycles. The van der Waals surface area contributed by atoms with Gasteiger partial charge in [-0.2, -0.15) is 0 Å². The van der Waals surface area contributed by atoms with Crippen molar-refractivity contribution in [3.8, 4) is 0 Å². The van der Waals surface area contributed by atoms with Gasteiger partial charge in [0.05, 0.1) is 6.54 Å². The number of Topliss-reactive ketones (excluding diaryl/α,β-unsaturated/α-hetero) is 1. The highest BCUT2D eigenvalue weighted by Gasteiger charge is 2.06. The molecule has 0 fully saturated rings. The molecule has 0 aromatic carbocycles. The fraction of sp³-hybridized carbons (Fsp3) is 0.375. The summed E-state index contributed by atoms with van der Waals surface area (Å²) in [6, 6.07) is 0. The van der Waals surface area contributed by atoms with E-state index in [0.29, 0.717) is 5.69 Å². The lowest BCUT2D eigenvalue weighted by molar-refractivity contribution is -0.117. The van der Waals surface area contributed by atoms with Gasteiger partial charge in [0, 0.05) is 11.9 Å². The number of ketones is 1. The Balaban J connectivity index is 3.26. The highest BCUT2D eigenvalue weighted by atomic mass is 35.5. The Morgan fingerprint density at radius 3 is 2.85 bits per heavy atom. The quantitative estimate of drug-likeness (QED) is 0.710. The zero-order valence-corrected chi connectivity index (χ0v) is 8.13. The molecule has 0 N–H and O–H groups in total. The Morgan fingerprint density at radius 1 is 1.69 bits per heavy atom. The van der Waals surface area contributed by atoms with Crippen LogP contribution in [0.25, 0.3) is 0 Å². The molecule has 1 aromatic heterocycles. The lowest BCUT2D eigenvalue weighted by Gasteiger charge is -2.06. The Labute approximate surface area is 80.2 Å². The van der Waals surface area contributed by atoms with E-state index >= 15 is 0 Å². The number of rotatable bonds is 2. The monoisotopic (exact) mass is 200 g/mol. The Morgan fingerprint density at radius 2 is 2.31 bits per heavy atom. The molecular weight excluding hydrogens is 192 g/mol. The number of aryl methyl sites for hydroxylation is 1. The summed E-state index contributed by atoms with van der Waals surface area (Å²) in [4.78, 5) is 25.8. The molecule has 0 spiro atoms. The van der Waals surface area contributed by atoms with Crippen molar-refractivity contribution >= 4 is 17.4 Å². The summed E-state index contributed by atoms with van der Waals surface area (Å²) in [5.74, 6) is -0.0903. The van der Waals surface area contributed by atoms with E-state index in [4.69, 9.17) is 11.6 Å². The maximum Gasteiger partial charge on any atom is 0.288 e. The third-order valence-electron chi connectivity index (χ3n) is 1.59. The minimum absolute atomic E-state index is 0.0485. The van der Waals surface area contributed by atoms with E-state index in [1.807, 2.05) is 0 Å². The van der Waals surface area contributed by atoms with Crippen LogP contribution in [0.1, 0.15) is 12.6 Å². The normalized spacial score (nSPS) is 10.1. The van der Waals surface area contributed by atoms with E-state index < -0.39 is 5.56 Å². The van der Waals surface area contributed by atoms with E-state index in [0.717, 1.165) is 0 Å². The van der Waals surface area contributed by atoms with Gasteiger partial charge >= 0.3 is 0 Å². The molecular formula is C8H9ClN2O2. The fourth-order valence-electron chi connectivity index (χ4n) is 0.966. The summed E-state index contributed by atoms with van der Waals surface area (Å²) in [5, 5.41) is -0.105. The minimum atomic E-state index is -0.420. The number of halogens is 1. The molecule has 0 saturated heterocycles. The summed E-state index contributed by atoms with van der Waals surface area (Å²) < 4.78 is 1.30. The third kappa shape index (κ3) is 2.15. The van der Waals surface area contributed by atoms with Crippen LogP contribution < -0.4 is 5.56 Å². The average molecular weight is 201 g/mol. The second-order valence-electron chi connectivity index (χ2n) is 2.78. The molecule has 0 radical (unpaired) electrons. The lowest BCUT2D eigenvalue weighted by atomic mass is 10.4. The number of carbonyl (C=O) groups is 1. The Kier molecular flexibility index (Phi) is 2.83. The van der Waals surface area contributed by atoms with Gasteiger partial charge in [0.15, 0.2) is 5.15 Å². The van der Waals surface area contributed by atoms with Gasteiger partial charge in [0.2, 0.25) is 0 Å². The second-order valence-corrected chi connectivity index (χ2v) is 3.14. The van der Waals surface area contributed by atoms with Crippen molar-refractivity contribution in [1.82, 2.24) is 9.55 Å². The van der Waals surface area contributed by atoms with Crippen LogP contribution in [0, 0.1) is 6.92 Å². The molecule has 70 valence electrons. The summed E-state index contributed by atoms with van der Waals surface area (Å²) >= 11 is 5.51. The zero-order chi connectivity index (χ0) is 10.0. The van der Waals surface area contributed by atoms with Gasteiger partial charge in [0.25, 0.3) is 5.56 Å². The number of aromatic nitrogens is 2. The van der Waals surface area contributed by atoms with Crippen molar-refractivity contribution in [2.75, 3.05) is 0 Å². The number of hydrogen-bond acceptors (Lipinski definition) is 3. The predicted octanol–water partition coefficient (Wildman–Crippen LogP) is 0.794. The highest BCUT2D eigenvalue weighted by molar-refractivity contribution is 6.29. The molecule has 1 aromatic rings. The van der Waals surface area contributed by atoms with Crippen LogP contribution in [0.15, 0.2) is 11.0 Å². The minimum Gasteiger partial charge on any atom is -0.301 e. The topological polar surface area (TPSA) is 52.0 Å². The van der Waals surface area contributed by atoms with Crippen LogP contribution in [0.3, 0.4) is 0 Å². The Hall–Kier alpha value is -1.16. The number of carbonyl (C=O) groups excluding carboxylic acids is 1. The van der Waals surface area contributed by atoms with E-state index in [1.165, 1.54) is 17.7 Å². The first-order valence-corrected chi connectivity index (χ1v) is 4.11. The zero-order valence-electron chi connectivity index (χ0n) is 7.37.